The lowest BCUT2D eigenvalue weighted by atomic mass is 9.86. The predicted octanol–water partition coefficient (Wildman–Crippen LogP) is 4.07. The monoisotopic (exact) mass is 464 g/mol. The molecule has 0 saturated carbocycles. The SMILES string of the molecule is CN[C@@H]1C(=O)C[C@@H](CC(C)C)C(=O)N[C@H](C(=O)OC)Cc2ccc(C)c(c2)-c2cc1ccc2C. The smallest absolute Gasteiger partial charge is 0.328 e. The van der Waals surface area contributed by atoms with Crippen molar-refractivity contribution in [1.29, 1.82) is 0 Å². The molecule has 0 spiro atoms. The standard InChI is InChI=1S/C28H36N2O4/c1-16(2)11-21-15-25(31)26(29-5)20-10-8-18(4)23(14-20)22-12-19(9-7-17(22)3)13-24(28(33)34-6)30-27(21)32/h7-10,12,14,16,21,24,26,29H,11,13,15H2,1-6H3,(H,30,32)/t21-,24+,26+/m1/s1. The number of rotatable bonds is 4. The van der Waals surface area contributed by atoms with Crippen molar-refractivity contribution in [2.45, 2.75) is 59.0 Å². The van der Waals surface area contributed by atoms with Crippen molar-refractivity contribution in [1.82, 2.24) is 10.6 Å². The number of methoxy groups -OCH3 is 1. The molecule has 6 nitrogen and oxygen atoms in total. The van der Waals surface area contributed by atoms with Crippen LogP contribution in [-0.4, -0.2) is 37.9 Å². The van der Waals surface area contributed by atoms with E-state index in [1.807, 2.05) is 45.0 Å². The van der Waals surface area contributed by atoms with Crippen LogP contribution >= 0.6 is 0 Å². The zero-order chi connectivity index (χ0) is 25.0. The minimum Gasteiger partial charge on any atom is -0.467 e. The maximum Gasteiger partial charge on any atom is 0.328 e. The molecule has 2 aromatic rings. The van der Waals surface area contributed by atoms with Gasteiger partial charge in [-0.1, -0.05) is 44.2 Å². The number of Topliss-reactive ketones (excluding diaryl/α,β-unsaturated/α-hetero) is 1. The van der Waals surface area contributed by atoms with Crippen molar-refractivity contribution < 1.29 is 19.1 Å². The first-order chi connectivity index (χ1) is 16.1. The molecule has 1 aliphatic heterocycles. The van der Waals surface area contributed by atoms with Crippen molar-refractivity contribution in [3.05, 3.63) is 58.7 Å². The van der Waals surface area contributed by atoms with Gasteiger partial charge in [-0.15, -0.1) is 0 Å². The molecule has 0 unspecified atom stereocenters. The molecule has 2 aromatic carbocycles. The molecule has 0 radical (unpaired) electrons. The van der Waals surface area contributed by atoms with Gasteiger partial charge in [0.25, 0.3) is 0 Å². The van der Waals surface area contributed by atoms with Crippen LogP contribution in [0.2, 0.25) is 0 Å². The molecular formula is C28H36N2O4. The number of hydrogen-bond acceptors (Lipinski definition) is 5. The fourth-order valence-electron chi connectivity index (χ4n) is 4.78. The van der Waals surface area contributed by atoms with Gasteiger partial charge in [-0.05, 0) is 72.7 Å². The largest absolute Gasteiger partial charge is 0.467 e. The van der Waals surface area contributed by atoms with Crippen LogP contribution in [0.1, 0.15) is 55.0 Å². The van der Waals surface area contributed by atoms with Crippen molar-refractivity contribution >= 4 is 17.7 Å². The number of esters is 1. The summed E-state index contributed by atoms with van der Waals surface area (Å²) in [5, 5.41) is 6.04. The first-order valence-corrected chi connectivity index (χ1v) is 11.9. The third-order valence-corrected chi connectivity index (χ3v) is 6.61. The van der Waals surface area contributed by atoms with Gasteiger partial charge in [0.05, 0.1) is 13.2 Å². The summed E-state index contributed by atoms with van der Waals surface area (Å²) in [6.07, 6.45) is 0.957. The highest BCUT2D eigenvalue weighted by atomic mass is 16.5. The summed E-state index contributed by atoms with van der Waals surface area (Å²) in [5.74, 6) is -1.14. The van der Waals surface area contributed by atoms with Crippen molar-refractivity contribution in [2.75, 3.05) is 14.2 Å². The molecule has 1 heterocycles. The molecule has 6 heteroatoms. The van der Waals surface area contributed by atoms with Gasteiger partial charge < -0.3 is 15.4 Å². The van der Waals surface area contributed by atoms with Gasteiger partial charge in [-0.3, -0.25) is 9.59 Å². The van der Waals surface area contributed by atoms with E-state index in [4.69, 9.17) is 4.74 Å². The molecule has 3 rings (SSSR count). The van der Waals surface area contributed by atoms with E-state index in [1.165, 1.54) is 7.11 Å². The van der Waals surface area contributed by atoms with Crippen LogP contribution in [0, 0.1) is 25.7 Å². The number of amides is 1. The Morgan fingerprint density at radius 3 is 2.32 bits per heavy atom. The molecule has 4 bridgehead atoms. The fourth-order valence-corrected chi connectivity index (χ4v) is 4.78. The van der Waals surface area contributed by atoms with Gasteiger partial charge >= 0.3 is 5.97 Å². The van der Waals surface area contributed by atoms with E-state index in [9.17, 15) is 14.4 Å². The zero-order valence-corrected chi connectivity index (χ0v) is 21.0. The quantitative estimate of drug-likeness (QED) is 0.667. The van der Waals surface area contributed by atoms with Crippen LogP contribution < -0.4 is 10.6 Å². The minimum atomic E-state index is -0.826. The van der Waals surface area contributed by atoms with Gasteiger partial charge in [-0.2, -0.15) is 0 Å². The Labute approximate surface area is 202 Å². The van der Waals surface area contributed by atoms with E-state index in [0.29, 0.717) is 12.8 Å². The summed E-state index contributed by atoms with van der Waals surface area (Å²) < 4.78 is 5.00. The second-order valence-electron chi connectivity index (χ2n) is 9.73. The Bertz CT molecular complexity index is 1080. The normalized spacial score (nSPS) is 21.1. The third-order valence-electron chi connectivity index (χ3n) is 6.61. The summed E-state index contributed by atoms with van der Waals surface area (Å²) in [4.78, 5) is 39.3. The summed E-state index contributed by atoms with van der Waals surface area (Å²) in [5.41, 5.74) is 6.11. The molecule has 1 amide bonds. The minimum absolute atomic E-state index is 0.0461. The average Bonchev–Trinajstić information content (AvgIpc) is 2.79. The van der Waals surface area contributed by atoms with Crippen LogP contribution in [-0.2, 0) is 25.5 Å². The molecule has 0 fully saturated rings. The third kappa shape index (κ3) is 5.73. The van der Waals surface area contributed by atoms with E-state index in [-0.39, 0.29) is 24.0 Å². The lowest BCUT2D eigenvalue weighted by Crippen LogP contribution is -2.46. The number of hydrogen-bond donors (Lipinski definition) is 2. The van der Waals surface area contributed by atoms with Gasteiger partial charge in [0.15, 0.2) is 5.78 Å². The molecule has 34 heavy (non-hydrogen) atoms. The van der Waals surface area contributed by atoms with Crippen LogP contribution in [0.3, 0.4) is 0 Å². The van der Waals surface area contributed by atoms with Gasteiger partial charge in [0.2, 0.25) is 5.91 Å². The van der Waals surface area contributed by atoms with Gasteiger partial charge in [0, 0.05) is 18.8 Å². The first kappa shape index (κ1) is 25.6. The number of nitrogens with one attached hydrogen (secondary N) is 2. The van der Waals surface area contributed by atoms with Crippen LogP contribution in [0.4, 0.5) is 0 Å². The molecule has 0 saturated heterocycles. The Morgan fingerprint density at radius 1 is 1.06 bits per heavy atom. The lowest BCUT2D eigenvalue weighted by Gasteiger charge is -2.25. The molecular weight excluding hydrogens is 428 g/mol. The van der Waals surface area contributed by atoms with E-state index in [0.717, 1.165) is 33.4 Å². The Morgan fingerprint density at radius 2 is 1.71 bits per heavy atom. The van der Waals surface area contributed by atoms with Crippen LogP contribution in [0.15, 0.2) is 36.4 Å². The first-order valence-electron chi connectivity index (χ1n) is 11.9. The van der Waals surface area contributed by atoms with Crippen molar-refractivity contribution in [3.8, 4) is 11.1 Å². The molecule has 0 aromatic heterocycles. The zero-order valence-electron chi connectivity index (χ0n) is 21.0. The topological polar surface area (TPSA) is 84.5 Å². The summed E-state index contributed by atoms with van der Waals surface area (Å²) in [6, 6.07) is 10.8. The molecule has 182 valence electrons. The Kier molecular flexibility index (Phi) is 8.26. The predicted molar refractivity (Wildman–Crippen MR) is 133 cm³/mol. The number of carbonyl (C=O) groups excluding carboxylic acids is 3. The number of aryl methyl sites for hydroxylation is 2. The average molecular weight is 465 g/mol. The number of ether oxygens (including phenoxy) is 1. The highest BCUT2D eigenvalue weighted by molar-refractivity contribution is 5.92. The van der Waals surface area contributed by atoms with Crippen molar-refractivity contribution in [2.24, 2.45) is 11.8 Å². The highest BCUT2D eigenvalue weighted by Gasteiger charge is 2.31. The number of carbonyl (C=O) groups is 3. The second-order valence-corrected chi connectivity index (χ2v) is 9.73. The van der Waals surface area contributed by atoms with Crippen LogP contribution in [0.5, 0.6) is 0 Å². The number of fused-ring (bicyclic) bond motifs is 5. The van der Waals surface area contributed by atoms with E-state index >= 15 is 0 Å². The maximum absolute atomic E-state index is 13.4. The summed E-state index contributed by atoms with van der Waals surface area (Å²) in [7, 11) is 3.09. The van der Waals surface area contributed by atoms with Gasteiger partial charge in [0.1, 0.15) is 6.04 Å². The Hall–Kier alpha value is -2.99. The summed E-state index contributed by atoms with van der Waals surface area (Å²) in [6.45, 7) is 8.15. The number of likely N-dealkylation sites (N-methyl/N-ethyl adjacent to an activating group) is 1. The van der Waals surface area contributed by atoms with Crippen LogP contribution in [0.25, 0.3) is 11.1 Å². The molecule has 3 atom stereocenters. The number of benzene rings is 2. The van der Waals surface area contributed by atoms with Crippen molar-refractivity contribution in [3.63, 3.8) is 0 Å². The van der Waals surface area contributed by atoms with E-state index in [2.05, 4.69) is 29.7 Å². The maximum atomic E-state index is 13.4. The molecule has 0 aliphatic carbocycles. The van der Waals surface area contributed by atoms with Gasteiger partial charge in [-0.25, -0.2) is 4.79 Å². The fraction of sp³-hybridized carbons (Fsp3) is 0.464. The summed E-state index contributed by atoms with van der Waals surface area (Å²) >= 11 is 0. The molecule has 1 aliphatic rings. The highest BCUT2D eigenvalue weighted by Crippen LogP contribution is 2.32. The van der Waals surface area contributed by atoms with E-state index in [1.54, 1.807) is 7.05 Å². The Balaban J connectivity index is 2.18. The number of ketones is 1. The lowest BCUT2D eigenvalue weighted by molar-refractivity contribution is -0.145. The second kappa shape index (κ2) is 11.0. The van der Waals surface area contributed by atoms with E-state index < -0.39 is 24.0 Å². The molecule has 2 N–H and O–H groups in total.